The summed E-state index contributed by atoms with van der Waals surface area (Å²) in [5, 5.41) is 0.195. The van der Waals surface area contributed by atoms with Crippen molar-refractivity contribution >= 4 is 49.2 Å². The summed E-state index contributed by atoms with van der Waals surface area (Å²) in [5.41, 5.74) is 0.00975. The maximum atomic E-state index is 12.3. The lowest BCUT2D eigenvalue weighted by Crippen LogP contribution is -2.34. The molecular formula is C13H18BrCl2NO2S. The van der Waals surface area contributed by atoms with Crippen LogP contribution >= 0.6 is 39.1 Å². The molecule has 0 spiro atoms. The van der Waals surface area contributed by atoms with Gasteiger partial charge in [0.2, 0.25) is 10.0 Å². The predicted molar refractivity (Wildman–Crippen MR) is 88.0 cm³/mol. The highest BCUT2D eigenvalue weighted by Gasteiger charge is 2.26. The lowest BCUT2D eigenvalue weighted by atomic mass is 9.82. The molecule has 0 saturated heterocycles. The first-order valence-electron chi connectivity index (χ1n) is 6.09. The van der Waals surface area contributed by atoms with Crippen LogP contribution in [0.5, 0.6) is 0 Å². The van der Waals surface area contributed by atoms with Gasteiger partial charge in [-0.1, -0.05) is 66.8 Å². The second-order valence-corrected chi connectivity index (χ2v) is 9.25. The minimum Gasteiger partial charge on any atom is -0.211 e. The molecule has 0 heterocycles. The molecule has 1 rings (SSSR count). The Morgan fingerprint density at radius 3 is 2.10 bits per heavy atom. The van der Waals surface area contributed by atoms with Crippen LogP contribution in [0.2, 0.25) is 10.0 Å². The van der Waals surface area contributed by atoms with E-state index in [1.54, 1.807) is 0 Å². The van der Waals surface area contributed by atoms with E-state index in [2.05, 4.69) is 41.4 Å². The lowest BCUT2D eigenvalue weighted by Gasteiger charge is -2.27. The van der Waals surface area contributed by atoms with Gasteiger partial charge in [0.1, 0.15) is 4.90 Å². The van der Waals surface area contributed by atoms with Gasteiger partial charge in [-0.15, -0.1) is 0 Å². The van der Waals surface area contributed by atoms with Crippen molar-refractivity contribution in [3.8, 4) is 0 Å². The minimum atomic E-state index is -3.73. The fourth-order valence-corrected chi connectivity index (χ4v) is 4.46. The maximum Gasteiger partial charge on any atom is 0.243 e. The Kier molecular flexibility index (Phi) is 5.95. The highest BCUT2D eigenvalue weighted by Crippen LogP contribution is 2.33. The van der Waals surface area contributed by atoms with Crippen LogP contribution in [-0.2, 0) is 10.0 Å². The summed E-state index contributed by atoms with van der Waals surface area (Å²) in [7, 11) is -3.73. The average molecular weight is 403 g/mol. The topological polar surface area (TPSA) is 46.2 Å². The first-order chi connectivity index (χ1) is 8.95. The summed E-state index contributed by atoms with van der Waals surface area (Å²) >= 11 is 15.2. The molecule has 0 amide bonds. The Labute approximate surface area is 139 Å². The zero-order chi connectivity index (χ0) is 15.7. The van der Waals surface area contributed by atoms with E-state index < -0.39 is 10.0 Å². The molecule has 1 atom stereocenters. The fourth-order valence-electron chi connectivity index (χ4n) is 1.40. The molecule has 1 aromatic carbocycles. The number of benzene rings is 1. The van der Waals surface area contributed by atoms with Crippen molar-refractivity contribution in [3.63, 3.8) is 0 Å². The molecule has 114 valence electrons. The molecule has 1 aromatic rings. The molecule has 0 aliphatic heterocycles. The monoisotopic (exact) mass is 401 g/mol. The quantitative estimate of drug-likeness (QED) is 0.791. The second-order valence-electron chi connectivity index (χ2n) is 5.82. The molecule has 3 nitrogen and oxygen atoms in total. The van der Waals surface area contributed by atoms with Gasteiger partial charge in [-0.05, 0) is 23.5 Å². The predicted octanol–water partition coefficient (Wildman–Crippen LogP) is 4.72. The summed E-state index contributed by atoms with van der Waals surface area (Å²) in [6.45, 7) is 8.50. The Bertz CT molecular complexity index is 574. The molecule has 1 unspecified atom stereocenters. The van der Waals surface area contributed by atoms with Gasteiger partial charge in [0, 0.05) is 11.0 Å². The average Bonchev–Trinajstić information content (AvgIpc) is 2.22. The number of sulfonamides is 1. The van der Waals surface area contributed by atoms with E-state index in [9.17, 15) is 8.42 Å². The number of nitrogens with one attached hydrogen (secondary N) is 1. The van der Waals surface area contributed by atoms with E-state index in [0.29, 0.717) is 11.0 Å². The molecule has 0 aliphatic rings. The Hall–Kier alpha value is 0.190. The van der Waals surface area contributed by atoms with Crippen molar-refractivity contribution in [2.75, 3.05) is 6.54 Å². The third-order valence-electron chi connectivity index (χ3n) is 3.29. The minimum absolute atomic E-state index is 0.00975. The third-order valence-corrected chi connectivity index (χ3v) is 6.09. The van der Waals surface area contributed by atoms with E-state index in [1.165, 1.54) is 12.1 Å². The van der Waals surface area contributed by atoms with Gasteiger partial charge in [-0.2, -0.15) is 0 Å². The molecule has 1 N–H and O–H groups in total. The van der Waals surface area contributed by atoms with Crippen molar-refractivity contribution in [2.24, 2.45) is 11.3 Å². The van der Waals surface area contributed by atoms with Crippen molar-refractivity contribution in [3.05, 3.63) is 26.7 Å². The van der Waals surface area contributed by atoms with Gasteiger partial charge < -0.3 is 0 Å². The van der Waals surface area contributed by atoms with Gasteiger partial charge in [0.25, 0.3) is 0 Å². The van der Waals surface area contributed by atoms with Crippen LogP contribution in [0.1, 0.15) is 27.7 Å². The molecular weight excluding hydrogens is 385 g/mol. The van der Waals surface area contributed by atoms with Gasteiger partial charge in [0.15, 0.2) is 0 Å². The van der Waals surface area contributed by atoms with Gasteiger partial charge in [-0.25, -0.2) is 13.1 Å². The first-order valence-corrected chi connectivity index (χ1v) is 9.12. The van der Waals surface area contributed by atoms with Gasteiger partial charge >= 0.3 is 0 Å². The lowest BCUT2D eigenvalue weighted by molar-refractivity contribution is 0.263. The summed E-state index contributed by atoms with van der Waals surface area (Å²) < 4.78 is 27.8. The zero-order valence-corrected chi connectivity index (χ0v) is 15.7. The van der Waals surface area contributed by atoms with Crippen LogP contribution in [0.4, 0.5) is 0 Å². The molecule has 0 fully saturated rings. The maximum absolute atomic E-state index is 12.3. The molecule has 0 aliphatic carbocycles. The van der Waals surface area contributed by atoms with E-state index in [1.807, 2.05) is 6.92 Å². The highest BCUT2D eigenvalue weighted by atomic mass is 79.9. The number of rotatable bonds is 4. The summed E-state index contributed by atoms with van der Waals surface area (Å²) in [5.74, 6) is 0.172. The van der Waals surface area contributed by atoms with Crippen molar-refractivity contribution in [1.29, 1.82) is 0 Å². The normalized spacial score (nSPS) is 14.3. The van der Waals surface area contributed by atoms with Crippen molar-refractivity contribution < 1.29 is 8.42 Å². The Morgan fingerprint density at radius 1 is 1.25 bits per heavy atom. The zero-order valence-electron chi connectivity index (χ0n) is 11.8. The van der Waals surface area contributed by atoms with E-state index >= 15 is 0 Å². The SMILES string of the molecule is CC(CNS(=O)(=O)c1c(Cl)cc(Br)cc1Cl)C(C)(C)C. The van der Waals surface area contributed by atoms with Gasteiger partial charge in [-0.3, -0.25) is 0 Å². The third kappa shape index (κ3) is 4.60. The summed E-state index contributed by atoms with van der Waals surface area (Å²) in [4.78, 5) is -0.0786. The standard InChI is InChI=1S/C13H18BrCl2NO2S/c1-8(13(2,3)4)7-17-20(18,19)12-10(15)5-9(14)6-11(12)16/h5-6,8,17H,7H2,1-4H3. The van der Waals surface area contributed by atoms with Crippen LogP contribution < -0.4 is 4.72 Å². The van der Waals surface area contributed by atoms with Crippen LogP contribution in [0.3, 0.4) is 0 Å². The first kappa shape index (κ1) is 18.2. The smallest absolute Gasteiger partial charge is 0.211 e. The number of hydrogen-bond donors (Lipinski definition) is 1. The van der Waals surface area contributed by atoms with Crippen LogP contribution in [0.15, 0.2) is 21.5 Å². The van der Waals surface area contributed by atoms with Gasteiger partial charge in [0.05, 0.1) is 10.0 Å². The number of halogens is 3. The largest absolute Gasteiger partial charge is 0.243 e. The van der Waals surface area contributed by atoms with Crippen molar-refractivity contribution in [2.45, 2.75) is 32.6 Å². The fraction of sp³-hybridized carbons (Fsp3) is 0.538. The molecule has 0 radical (unpaired) electrons. The molecule has 7 heteroatoms. The second kappa shape index (κ2) is 6.53. The highest BCUT2D eigenvalue weighted by molar-refractivity contribution is 9.10. The molecule has 0 saturated carbocycles. The number of hydrogen-bond acceptors (Lipinski definition) is 2. The molecule has 20 heavy (non-hydrogen) atoms. The van der Waals surface area contributed by atoms with E-state index in [0.717, 1.165) is 0 Å². The molecule has 0 bridgehead atoms. The Balaban J connectivity index is 3.02. The Morgan fingerprint density at radius 2 is 1.70 bits per heavy atom. The van der Waals surface area contributed by atoms with Crippen LogP contribution in [0.25, 0.3) is 0 Å². The van der Waals surface area contributed by atoms with E-state index in [4.69, 9.17) is 23.2 Å². The summed E-state index contributed by atoms with van der Waals surface area (Å²) in [6.07, 6.45) is 0. The van der Waals surface area contributed by atoms with Crippen molar-refractivity contribution in [1.82, 2.24) is 4.72 Å². The molecule has 0 aromatic heterocycles. The van der Waals surface area contributed by atoms with Crippen LogP contribution in [0, 0.1) is 11.3 Å². The summed E-state index contributed by atoms with van der Waals surface area (Å²) in [6, 6.07) is 3.02. The van der Waals surface area contributed by atoms with Crippen LogP contribution in [-0.4, -0.2) is 15.0 Å². The van der Waals surface area contributed by atoms with E-state index in [-0.39, 0.29) is 26.3 Å².